The van der Waals surface area contributed by atoms with Crippen LogP contribution in [0.4, 0.5) is 4.39 Å². The molecule has 0 bridgehead atoms. The number of hydrogen-bond donors (Lipinski definition) is 2. The lowest BCUT2D eigenvalue weighted by Crippen LogP contribution is -2.32. The smallest absolute Gasteiger partial charge is 0.142 e. The first kappa shape index (κ1) is 11.9. The van der Waals surface area contributed by atoms with Crippen LogP contribution in [0, 0.1) is 5.82 Å². The highest BCUT2D eigenvalue weighted by molar-refractivity contribution is 8.10. The van der Waals surface area contributed by atoms with Crippen molar-refractivity contribution in [2.45, 2.75) is 9.79 Å². The van der Waals surface area contributed by atoms with Crippen molar-refractivity contribution in [1.82, 2.24) is 0 Å². The molecule has 0 saturated heterocycles. The van der Waals surface area contributed by atoms with E-state index in [1.54, 1.807) is 6.07 Å². The molecule has 2 N–H and O–H groups in total. The Morgan fingerprint density at radius 2 is 1.41 bits per heavy atom. The van der Waals surface area contributed by atoms with Gasteiger partial charge in [-0.2, -0.15) is 0 Å². The Labute approximate surface area is 98.0 Å². The molecule has 0 heterocycles. The molecule has 2 aromatic rings. The van der Waals surface area contributed by atoms with Gasteiger partial charge in [0.05, 0.1) is 4.90 Å². The molecular formula is C12H11FO3S. The second-order valence-electron chi connectivity index (χ2n) is 3.61. The molecule has 0 unspecified atom stereocenters. The van der Waals surface area contributed by atoms with Gasteiger partial charge in [-0.3, -0.25) is 0 Å². The number of hydrogen-bond acceptors (Lipinski definition) is 1. The Balaban J connectivity index is 2.72. The third-order valence-electron chi connectivity index (χ3n) is 2.40. The predicted octanol–water partition coefficient (Wildman–Crippen LogP) is 3.01. The predicted molar refractivity (Wildman–Crippen MR) is 62.8 cm³/mol. The first-order chi connectivity index (χ1) is 7.90. The fourth-order valence-corrected chi connectivity index (χ4v) is 3.18. The number of benzene rings is 2. The van der Waals surface area contributed by atoms with Crippen LogP contribution in [0.3, 0.4) is 0 Å². The van der Waals surface area contributed by atoms with Crippen molar-refractivity contribution in [2.24, 2.45) is 0 Å². The molecule has 17 heavy (non-hydrogen) atoms. The maximum absolute atomic E-state index is 13.5. The van der Waals surface area contributed by atoms with E-state index in [1.165, 1.54) is 36.4 Å². The Morgan fingerprint density at radius 1 is 0.882 bits per heavy atom. The molecule has 0 fully saturated rings. The minimum absolute atomic E-state index is 0.227. The Hall–Kier alpha value is -1.56. The van der Waals surface area contributed by atoms with Gasteiger partial charge in [0.2, 0.25) is 0 Å². The average molecular weight is 254 g/mol. The van der Waals surface area contributed by atoms with Gasteiger partial charge in [0.15, 0.2) is 0 Å². The summed E-state index contributed by atoms with van der Waals surface area (Å²) in [5.41, 5.74) is 0. The highest BCUT2D eigenvalue weighted by Crippen LogP contribution is 2.38. The molecular weight excluding hydrogens is 243 g/mol. The van der Waals surface area contributed by atoms with Gasteiger partial charge in [0, 0.05) is 0 Å². The maximum atomic E-state index is 13.5. The molecule has 0 saturated carbocycles. The monoisotopic (exact) mass is 254 g/mol. The molecule has 5 heteroatoms. The SMILES string of the molecule is O=S(O)(O)(c1ccccc1)c1ccccc1F. The minimum Gasteiger partial charge on any atom is -0.301 e. The van der Waals surface area contributed by atoms with Gasteiger partial charge in [0.1, 0.15) is 20.3 Å². The van der Waals surface area contributed by atoms with Crippen LogP contribution in [-0.2, 0) is 9.63 Å². The van der Waals surface area contributed by atoms with Crippen molar-refractivity contribution in [3.8, 4) is 0 Å². The molecule has 2 aromatic carbocycles. The summed E-state index contributed by atoms with van der Waals surface area (Å²) in [6.07, 6.45) is 0. The molecule has 2 rings (SSSR count). The molecule has 0 radical (unpaired) electrons. The van der Waals surface area contributed by atoms with Gasteiger partial charge in [0.25, 0.3) is 0 Å². The first-order valence-corrected chi connectivity index (χ1v) is 6.75. The fourth-order valence-electron chi connectivity index (χ4n) is 1.54. The van der Waals surface area contributed by atoms with Crippen molar-refractivity contribution in [3.63, 3.8) is 0 Å². The Bertz CT molecular complexity index is 604. The van der Waals surface area contributed by atoms with Crippen molar-refractivity contribution >= 4 is 9.63 Å². The standard InChI is InChI=1S/C12H11FO3S/c13-11-8-4-5-9-12(11)17(14,15,16)10-6-2-1-3-7-10/h1-9H,(H2,14,15,16). The van der Waals surface area contributed by atoms with Crippen molar-refractivity contribution in [1.29, 1.82) is 0 Å². The van der Waals surface area contributed by atoms with Crippen molar-refractivity contribution < 1.29 is 17.7 Å². The van der Waals surface area contributed by atoms with Crippen LogP contribution in [0.1, 0.15) is 0 Å². The van der Waals surface area contributed by atoms with Gasteiger partial charge >= 0.3 is 0 Å². The topological polar surface area (TPSA) is 57.5 Å². The van der Waals surface area contributed by atoms with E-state index in [4.69, 9.17) is 0 Å². The largest absolute Gasteiger partial charge is 0.301 e. The van der Waals surface area contributed by atoms with E-state index in [2.05, 4.69) is 0 Å². The van der Waals surface area contributed by atoms with Crippen LogP contribution >= 0.6 is 0 Å². The summed E-state index contributed by atoms with van der Waals surface area (Å²) in [6.45, 7) is 0. The van der Waals surface area contributed by atoms with Crippen molar-refractivity contribution in [2.75, 3.05) is 0 Å². The van der Waals surface area contributed by atoms with E-state index in [1.807, 2.05) is 0 Å². The summed E-state index contributed by atoms with van der Waals surface area (Å²) in [4.78, 5) is -0.842. The normalized spacial score (nSPS) is 13.9. The molecule has 3 nitrogen and oxygen atoms in total. The van der Waals surface area contributed by atoms with Crippen LogP contribution in [-0.4, -0.2) is 13.3 Å². The Morgan fingerprint density at radius 3 is 2.00 bits per heavy atom. The van der Waals surface area contributed by atoms with Crippen LogP contribution in [0.5, 0.6) is 0 Å². The molecule has 0 atom stereocenters. The summed E-state index contributed by atoms with van der Waals surface area (Å²) in [5, 5.41) is 0. The lowest BCUT2D eigenvalue weighted by molar-refractivity contribution is 0.383. The Kier molecular flexibility index (Phi) is 2.61. The summed E-state index contributed by atoms with van der Waals surface area (Å²) in [7, 11) is -5.33. The third kappa shape index (κ3) is 2.00. The van der Waals surface area contributed by atoms with Crippen LogP contribution in [0.2, 0.25) is 0 Å². The quantitative estimate of drug-likeness (QED) is 0.866. The molecule has 0 aliphatic rings. The zero-order valence-electron chi connectivity index (χ0n) is 8.79. The summed E-state index contributed by atoms with van der Waals surface area (Å²) in [6, 6.07) is 12.1. The summed E-state index contributed by atoms with van der Waals surface area (Å²) < 4.78 is 45.7. The molecule has 0 amide bonds. The number of halogens is 1. The van der Waals surface area contributed by atoms with Crippen molar-refractivity contribution in [3.05, 3.63) is 60.4 Å². The van der Waals surface area contributed by atoms with E-state index in [0.717, 1.165) is 12.1 Å². The van der Waals surface area contributed by atoms with E-state index in [-0.39, 0.29) is 4.90 Å². The number of rotatable bonds is 2. The molecule has 0 aromatic heterocycles. The van der Waals surface area contributed by atoms with E-state index < -0.39 is 20.3 Å². The van der Waals surface area contributed by atoms with E-state index in [9.17, 15) is 17.7 Å². The van der Waals surface area contributed by atoms with Crippen LogP contribution in [0.15, 0.2) is 64.4 Å². The lowest BCUT2D eigenvalue weighted by Gasteiger charge is -2.31. The highest BCUT2D eigenvalue weighted by Gasteiger charge is 2.37. The fraction of sp³-hybridized carbons (Fsp3) is 0. The highest BCUT2D eigenvalue weighted by atomic mass is 32.3. The maximum Gasteiger partial charge on any atom is 0.142 e. The lowest BCUT2D eigenvalue weighted by atomic mass is 10.3. The van der Waals surface area contributed by atoms with Gasteiger partial charge < -0.3 is 9.11 Å². The van der Waals surface area contributed by atoms with Gasteiger partial charge in [-0.05, 0) is 24.3 Å². The summed E-state index contributed by atoms with van der Waals surface area (Å²) in [5.74, 6) is -0.918. The minimum atomic E-state index is -5.33. The van der Waals surface area contributed by atoms with Crippen LogP contribution in [0.25, 0.3) is 0 Å². The van der Waals surface area contributed by atoms with Gasteiger partial charge in [-0.1, -0.05) is 30.3 Å². The zero-order chi connectivity index (χ0) is 12.5. The van der Waals surface area contributed by atoms with Gasteiger partial charge in [-0.15, -0.1) is 0 Å². The van der Waals surface area contributed by atoms with E-state index in [0.29, 0.717) is 0 Å². The molecule has 0 spiro atoms. The average Bonchev–Trinajstić information content (AvgIpc) is 2.30. The summed E-state index contributed by atoms with van der Waals surface area (Å²) >= 11 is 0. The first-order valence-electron chi connectivity index (χ1n) is 4.87. The third-order valence-corrected chi connectivity index (χ3v) is 4.65. The van der Waals surface area contributed by atoms with E-state index >= 15 is 0 Å². The van der Waals surface area contributed by atoms with Crippen LogP contribution < -0.4 is 0 Å². The molecule has 0 aliphatic heterocycles. The molecule has 90 valence electrons. The second-order valence-corrected chi connectivity index (χ2v) is 6.25. The van der Waals surface area contributed by atoms with Gasteiger partial charge in [-0.25, -0.2) is 8.60 Å². The second kappa shape index (κ2) is 3.73. The molecule has 0 aliphatic carbocycles. The zero-order valence-corrected chi connectivity index (χ0v) is 9.60.